The minimum Gasteiger partial charge on any atom is -0.488 e. The topological polar surface area (TPSA) is 62.7 Å². The zero-order chi connectivity index (χ0) is 22.2. The molecule has 5 nitrogen and oxygen atoms in total. The first-order valence-corrected chi connectivity index (χ1v) is 10.9. The van der Waals surface area contributed by atoms with Crippen molar-refractivity contribution in [3.63, 3.8) is 0 Å². The van der Waals surface area contributed by atoms with Gasteiger partial charge in [-0.05, 0) is 67.4 Å². The summed E-state index contributed by atoms with van der Waals surface area (Å²) in [6.45, 7) is 4.13. The van der Waals surface area contributed by atoms with E-state index in [2.05, 4.69) is 31.8 Å². The van der Waals surface area contributed by atoms with Crippen LogP contribution in [0.5, 0.6) is 5.75 Å². The number of rotatable bonds is 8. The molecule has 0 saturated carbocycles. The number of hydrogen-bond acceptors (Lipinski definition) is 4. The Morgan fingerprint density at radius 3 is 2.74 bits per heavy atom. The van der Waals surface area contributed by atoms with Gasteiger partial charge in [0.05, 0.1) is 6.21 Å². The molecule has 0 spiro atoms. The summed E-state index contributed by atoms with van der Waals surface area (Å²) >= 11 is 9.44. The average Bonchev–Trinajstić information content (AvgIpc) is 2.75. The van der Waals surface area contributed by atoms with Crippen LogP contribution in [0.25, 0.3) is 0 Å². The van der Waals surface area contributed by atoms with E-state index < -0.39 is 6.04 Å². The first-order valence-electron chi connectivity index (χ1n) is 9.74. The monoisotopic (exact) mass is 499 g/mol. The summed E-state index contributed by atoms with van der Waals surface area (Å²) in [5.41, 5.74) is 6.20. The molecule has 0 aliphatic heterocycles. The summed E-state index contributed by atoms with van der Waals surface area (Å²) in [5, 5.41) is 7.92. The van der Waals surface area contributed by atoms with Crippen LogP contribution in [0.2, 0.25) is 5.02 Å². The van der Waals surface area contributed by atoms with Crippen LogP contribution in [-0.2, 0) is 11.4 Å². The summed E-state index contributed by atoms with van der Waals surface area (Å²) in [5.74, 6) is 0.432. The van der Waals surface area contributed by atoms with Crippen molar-refractivity contribution in [1.82, 2.24) is 5.43 Å². The Balaban J connectivity index is 1.58. The highest BCUT2D eigenvalue weighted by atomic mass is 79.9. The number of carbonyl (C=O) groups excluding carboxylic acids is 1. The maximum Gasteiger partial charge on any atom is 0.262 e. The molecular weight excluding hydrogens is 478 g/mol. The van der Waals surface area contributed by atoms with Crippen molar-refractivity contribution in [2.45, 2.75) is 26.5 Å². The van der Waals surface area contributed by atoms with Gasteiger partial charge in [-0.1, -0.05) is 51.8 Å². The second-order valence-corrected chi connectivity index (χ2v) is 8.37. The number of hydrazone groups is 1. The van der Waals surface area contributed by atoms with Gasteiger partial charge in [0.2, 0.25) is 0 Å². The van der Waals surface area contributed by atoms with Crippen LogP contribution < -0.4 is 15.5 Å². The van der Waals surface area contributed by atoms with Crippen LogP contribution in [0.4, 0.5) is 5.69 Å². The number of benzene rings is 3. The van der Waals surface area contributed by atoms with E-state index in [0.29, 0.717) is 17.4 Å². The zero-order valence-electron chi connectivity index (χ0n) is 17.2. The van der Waals surface area contributed by atoms with E-state index in [0.717, 1.165) is 26.9 Å². The van der Waals surface area contributed by atoms with E-state index in [4.69, 9.17) is 16.3 Å². The van der Waals surface area contributed by atoms with Gasteiger partial charge in [0.25, 0.3) is 5.91 Å². The third-order valence-electron chi connectivity index (χ3n) is 4.53. The number of para-hydroxylation sites is 1. The molecule has 1 amide bonds. The van der Waals surface area contributed by atoms with Gasteiger partial charge >= 0.3 is 0 Å². The quantitative estimate of drug-likeness (QED) is 0.297. The Bertz CT molecular complexity index is 1090. The van der Waals surface area contributed by atoms with Crippen molar-refractivity contribution in [3.05, 3.63) is 92.9 Å². The Hall–Kier alpha value is -2.83. The van der Waals surface area contributed by atoms with Crippen LogP contribution in [0.15, 0.2) is 76.3 Å². The van der Waals surface area contributed by atoms with Gasteiger partial charge in [-0.3, -0.25) is 4.79 Å². The lowest BCUT2D eigenvalue weighted by molar-refractivity contribution is -0.121. The number of halogens is 2. The summed E-state index contributed by atoms with van der Waals surface area (Å²) < 4.78 is 6.94. The van der Waals surface area contributed by atoms with E-state index in [9.17, 15) is 4.79 Å². The molecule has 0 fully saturated rings. The third kappa shape index (κ3) is 6.84. The Morgan fingerprint density at radius 2 is 1.97 bits per heavy atom. The summed E-state index contributed by atoms with van der Waals surface area (Å²) in [6, 6.07) is 20.5. The van der Waals surface area contributed by atoms with Crippen molar-refractivity contribution >= 4 is 45.3 Å². The highest BCUT2D eigenvalue weighted by molar-refractivity contribution is 9.10. The maximum absolute atomic E-state index is 12.4. The lowest BCUT2D eigenvalue weighted by Gasteiger charge is -2.15. The molecule has 160 valence electrons. The van der Waals surface area contributed by atoms with E-state index in [-0.39, 0.29) is 5.91 Å². The number of amides is 1. The van der Waals surface area contributed by atoms with Crippen LogP contribution in [0, 0.1) is 6.92 Å². The molecule has 1 atom stereocenters. The molecule has 31 heavy (non-hydrogen) atoms. The fraction of sp³-hybridized carbons (Fsp3) is 0.167. The fourth-order valence-electron chi connectivity index (χ4n) is 2.86. The molecule has 0 saturated heterocycles. The van der Waals surface area contributed by atoms with E-state index in [1.807, 2.05) is 67.6 Å². The number of ether oxygens (including phenoxy) is 1. The number of nitrogens with one attached hydrogen (secondary N) is 2. The van der Waals surface area contributed by atoms with Gasteiger partial charge in [0, 0.05) is 20.7 Å². The largest absolute Gasteiger partial charge is 0.488 e. The lowest BCUT2D eigenvalue weighted by atomic mass is 10.2. The van der Waals surface area contributed by atoms with E-state index in [1.165, 1.54) is 0 Å². The second-order valence-electron chi connectivity index (χ2n) is 7.02. The molecule has 0 heterocycles. The molecule has 0 aliphatic carbocycles. The molecule has 3 aromatic carbocycles. The van der Waals surface area contributed by atoms with Gasteiger partial charge < -0.3 is 10.1 Å². The Morgan fingerprint density at radius 1 is 1.16 bits per heavy atom. The average molecular weight is 501 g/mol. The fourth-order valence-corrected chi connectivity index (χ4v) is 3.53. The summed E-state index contributed by atoms with van der Waals surface area (Å²) in [4.78, 5) is 12.4. The standard InChI is InChI=1S/C24H23BrClN3O2/c1-16-12-21(26)10-11-22(16)28-17(2)24(30)29-27-14-19-7-3-4-9-23(19)31-15-18-6-5-8-20(25)13-18/h3-14,17,28H,15H2,1-2H3,(H,29,30)/b27-14+/t17-/m0/s1. The summed E-state index contributed by atoms with van der Waals surface area (Å²) in [7, 11) is 0. The van der Waals surface area contributed by atoms with Crippen LogP contribution in [0.1, 0.15) is 23.6 Å². The van der Waals surface area contributed by atoms with Crippen molar-refractivity contribution in [2.75, 3.05) is 5.32 Å². The number of aryl methyl sites for hydroxylation is 1. The van der Waals surface area contributed by atoms with Crippen molar-refractivity contribution in [1.29, 1.82) is 0 Å². The van der Waals surface area contributed by atoms with Crippen molar-refractivity contribution < 1.29 is 9.53 Å². The van der Waals surface area contributed by atoms with E-state index in [1.54, 1.807) is 19.2 Å². The smallest absolute Gasteiger partial charge is 0.262 e. The van der Waals surface area contributed by atoms with Gasteiger partial charge in [0.15, 0.2) is 0 Å². The van der Waals surface area contributed by atoms with Crippen molar-refractivity contribution in [3.8, 4) is 5.75 Å². The van der Waals surface area contributed by atoms with Gasteiger partial charge in [-0.15, -0.1) is 0 Å². The molecule has 2 N–H and O–H groups in total. The SMILES string of the molecule is Cc1cc(Cl)ccc1N[C@@H](C)C(=O)N/N=C/c1ccccc1OCc1cccc(Br)c1. The van der Waals surface area contributed by atoms with Gasteiger partial charge in [-0.25, -0.2) is 5.43 Å². The molecule has 0 radical (unpaired) electrons. The highest BCUT2D eigenvalue weighted by Crippen LogP contribution is 2.21. The minimum atomic E-state index is -0.472. The first-order chi connectivity index (χ1) is 14.9. The number of hydrogen-bond donors (Lipinski definition) is 2. The predicted molar refractivity (Wildman–Crippen MR) is 130 cm³/mol. The molecule has 0 aliphatic rings. The molecule has 0 unspecified atom stereocenters. The summed E-state index contributed by atoms with van der Waals surface area (Å²) in [6.07, 6.45) is 1.58. The van der Waals surface area contributed by atoms with Crippen LogP contribution in [-0.4, -0.2) is 18.2 Å². The molecule has 0 aromatic heterocycles. The molecule has 3 aromatic rings. The predicted octanol–water partition coefficient (Wildman–Crippen LogP) is 5.94. The van der Waals surface area contributed by atoms with E-state index >= 15 is 0 Å². The Kier molecular flexibility index (Phi) is 8.09. The number of anilines is 1. The van der Waals surface area contributed by atoms with Crippen LogP contribution in [0.3, 0.4) is 0 Å². The maximum atomic E-state index is 12.4. The second kappa shape index (κ2) is 11.0. The molecule has 3 rings (SSSR count). The Labute approximate surface area is 195 Å². The normalized spacial score (nSPS) is 11.9. The highest BCUT2D eigenvalue weighted by Gasteiger charge is 2.13. The minimum absolute atomic E-state index is 0.252. The molecule has 0 bridgehead atoms. The van der Waals surface area contributed by atoms with Gasteiger partial charge in [0.1, 0.15) is 18.4 Å². The number of nitrogens with zero attached hydrogens (tertiary/aromatic N) is 1. The first kappa shape index (κ1) is 22.8. The van der Waals surface area contributed by atoms with Crippen LogP contribution >= 0.6 is 27.5 Å². The molecule has 7 heteroatoms. The zero-order valence-corrected chi connectivity index (χ0v) is 19.6. The van der Waals surface area contributed by atoms with Gasteiger partial charge in [-0.2, -0.15) is 5.10 Å². The number of carbonyl (C=O) groups is 1. The lowest BCUT2D eigenvalue weighted by Crippen LogP contribution is -2.35. The molecular formula is C24H23BrClN3O2. The van der Waals surface area contributed by atoms with Crippen molar-refractivity contribution in [2.24, 2.45) is 5.10 Å². The third-order valence-corrected chi connectivity index (χ3v) is 5.26.